The van der Waals surface area contributed by atoms with E-state index in [2.05, 4.69) is 0 Å². The highest BCUT2D eigenvalue weighted by Crippen LogP contribution is 2.47. The molecule has 0 amide bonds. The van der Waals surface area contributed by atoms with Gasteiger partial charge >= 0.3 is 5.97 Å². The van der Waals surface area contributed by atoms with Crippen molar-refractivity contribution < 1.29 is 19.1 Å². The van der Waals surface area contributed by atoms with Crippen LogP contribution in [0.15, 0.2) is 64.8 Å². The lowest BCUT2D eigenvalue weighted by Gasteiger charge is -2.36. The number of benzene rings is 2. The number of hydrogen-bond donors (Lipinski definition) is 0. The molecule has 0 N–H and O–H groups in total. The van der Waals surface area contributed by atoms with Gasteiger partial charge in [0.15, 0.2) is 5.78 Å². The number of nitrogens with zero attached hydrogens (tertiary/aromatic N) is 1. The maximum Gasteiger partial charge on any atom is 0.315 e. The molecule has 0 radical (unpaired) electrons. The van der Waals surface area contributed by atoms with Crippen molar-refractivity contribution in [2.24, 2.45) is 10.9 Å². The van der Waals surface area contributed by atoms with Gasteiger partial charge in [0.05, 0.1) is 6.61 Å². The molecule has 1 heterocycles. The molecule has 3 atom stereocenters. The summed E-state index contributed by atoms with van der Waals surface area (Å²) in [4.78, 5) is 31.4. The Hall–Kier alpha value is -2.47. The molecule has 2 aromatic carbocycles. The third-order valence-corrected chi connectivity index (χ3v) is 6.75. The highest BCUT2D eigenvalue weighted by Gasteiger charge is 2.44. The Morgan fingerprint density at radius 2 is 1.58 bits per heavy atom. The van der Waals surface area contributed by atoms with Crippen molar-refractivity contribution in [3.05, 3.63) is 81.0 Å². The first-order valence-electron chi connectivity index (χ1n) is 10.9. The molecule has 2 aromatic rings. The summed E-state index contributed by atoms with van der Waals surface area (Å²) in [5.74, 6) is -1.54. The summed E-state index contributed by atoms with van der Waals surface area (Å²) >= 11 is 12.1. The number of esters is 1. The SMILES string of the molecule is COCCOC(=O)C1C(C)=NC2=C(C(=O)C[C@H](c3ccc(Cl)cc3)C2)[C@H]1c1ccc(Cl)cc1. The minimum Gasteiger partial charge on any atom is -0.463 e. The molecule has 2 aliphatic rings. The topological polar surface area (TPSA) is 65.0 Å². The molecule has 1 aliphatic heterocycles. The second kappa shape index (κ2) is 10.2. The zero-order valence-electron chi connectivity index (χ0n) is 18.5. The number of carbonyl (C=O) groups is 2. The van der Waals surface area contributed by atoms with E-state index < -0.39 is 17.8 Å². The minimum atomic E-state index is -0.683. The van der Waals surface area contributed by atoms with E-state index in [1.165, 1.54) is 0 Å². The molecule has 33 heavy (non-hydrogen) atoms. The van der Waals surface area contributed by atoms with Crippen molar-refractivity contribution in [3.63, 3.8) is 0 Å². The van der Waals surface area contributed by atoms with E-state index >= 15 is 0 Å². The van der Waals surface area contributed by atoms with Gasteiger partial charge in [0.2, 0.25) is 0 Å². The smallest absolute Gasteiger partial charge is 0.315 e. The van der Waals surface area contributed by atoms with Crippen molar-refractivity contribution >= 4 is 40.7 Å². The standard InChI is InChI=1S/C26H25Cl2NO4/c1-15-23(26(31)33-12-11-32-2)24(17-5-9-20(28)10-6-17)25-21(29-15)13-18(14-22(25)30)16-3-7-19(27)8-4-16/h3-10,18,23-24H,11-14H2,1-2H3/t18-,23?,24+/m1/s1. The maximum atomic E-state index is 13.5. The first kappa shape index (κ1) is 23.7. The molecule has 172 valence electrons. The van der Waals surface area contributed by atoms with Crippen LogP contribution in [0.4, 0.5) is 0 Å². The highest BCUT2D eigenvalue weighted by atomic mass is 35.5. The number of aliphatic imine (C=N–C) groups is 1. The van der Waals surface area contributed by atoms with Crippen molar-refractivity contribution in [1.29, 1.82) is 0 Å². The van der Waals surface area contributed by atoms with Crippen LogP contribution in [0.3, 0.4) is 0 Å². The Morgan fingerprint density at radius 1 is 0.970 bits per heavy atom. The molecule has 0 bridgehead atoms. The third kappa shape index (κ3) is 5.06. The van der Waals surface area contributed by atoms with Crippen molar-refractivity contribution in [2.75, 3.05) is 20.3 Å². The van der Waals surface area contributed by atoms with Gasteiger partial charge < -0.3 is 9.47 Å². The lowest BCUT2D eigenvalue weighted by Crippen LogP contribution is -2.38. The van der Waals surface area contributed by atoms with Crippen LogP contribution in [0.5, 0.6) is 0 Å². The molecule has 0 saturated carbocycles. The fourth-order valence-electron chi connectivity index (χ4n) is 4.68. The summed E-state index contributed by atoms with van der Waals surface area (Å²) in [6.07, 6.45) is 0.972. The van der Waals surface area contributed by atoms with Crippen LogP contribution in [0.25, 0.3) is 0 Å². The van der Waals surface area contributed by atoms with Crippen LogP contribution in [0.1, 0.15) is 42.7 Å². The van der Waals surface area contributed by atoms with Gasteiger partial charge in [-0.15, -0.1) is 0 Å². The van der Waals surface area contributed by atoms with Crippen LogP contribution in [0, 0.1) is 5.92 Å². The first-order valence-corrected chi connectivity index (χ1v) is 11.6. The number of carbonyl (C=O) groups excluding carboxylic acids is 2. The monoisotopic (exact) mass is 485 g/mol. The van der Waals surface area contributed by atoms with Crippen LogP contribution in [0.2, 0.25) is 10.0 Å². The van der Waals surface area contributed by atoms with E-state index in [4.69, 9.17) is 37.7 Å². The number of Topliss-reactive ketones (excluding diaryl/α,β-unsaturated/α-hetero) is 1. The summed E-state index contributed by atoms with van der Waals surface area (Å²) in [5, 5.41) is 1.25. The number of hydrogen-bond acceptors (Lipinski definition) is 5. The fraction of sp³-hybridized carbons (Fsp3) is 0.346. The molecule has 4 rings (SSSR count). The largest absolute Gasteiger partial charge is 0.463 e. The van der Waals surface area contributed by atoms with Gasteiger partial charge in [-0.25, -0.2) is 0 Å². The Morgan fingerprint density at radius 3 is 2.18 bits per heavy atom. The molecule has 0 spiro atoms. The Bertz CT molecular complexity index is 1110. The molecule has 0 saturated heterocycles. The van der Waals surface area contributed by atoms with E-state index in [-0.39, 0.29) is 18.3 Å². The predicted molar refractivity (Wildman–Crippen MR) is 129 cm³/mol. The number of rotatable bonds is 6. The molecule has 7 heteroatoms. The summed E-state index contributed by atoms with van der Waals surface area (Å²) in [6.45, 7) is 2.27. The minimum absolute atomic E-state index is 0.00194. The quantitative estimate of drug-likeness (QED) is 0.385. The van der Waals surface area contributed by atoms with Gasteiger partial charge in [-0.2, -0.15) is 0 Å². The van der Waals surface area contributed by atoms with Crippen LogP contribution in [-0.4, -0.2) is 37.8 Å². The normalized spacial score (nSPS) is 22.6. The van der Waals surface area contributed by atoms with Gasteiger partial charge in [0.1, 0.15) is 12.5 Å². The van der Waals surface area contributed by atoms with Crippen molar-refractivity contribution in [3.8, 4) is 0 Å². The van der Waals surface area contributed by atoms with Gasteiger partial charge in [0.25, 0.3) is 0 Å². The van der Waals surface area contributed by atoms with Gasteiger partial charge in [-0.1, -0.05) is 47.5 Å². The molecule has 1 aliphatic carbocycles. The van der Waals surface area contributed by atoms with E-state index in [0.717, 1.165) is 16.8 Å². The highest BCUT2D eigenvalue weighted by molar-refractivity contribution is 6.30. The third-order valence-electron chi connectivity index (χ3n) is 6.24. The number of ketones is 1. The molecule has 5 nitrogen and oxygen atoms in total. The number of allylic oxidation sites excluding steroid dienone is 2. The van der Waals surface area contributed by atoms with Gasteiger partial charge in [-0.3, -0.25) is 14.6 Å². The summed E-state index contributed by atoms with van der Waals surface area (Å²) < 4.78 is 10.5. The fourth-order valence-corrected chi connectivity index (χ4v) is 4.93. The van der Waals surface area contributed by atoms with E-state index in [9.17, 15) is 9.59 Å². The number of ether oxygens (including phenoxy) is 2. The second-order valence-electron chi connectivity index (χ2n) is 8.36. The van der Waals surface area contributed by atoms with E-state index in [1.807, 2.05) is 43.3 Å². The Balaban J connectivity index is 1.73. The first-order chi connectivity index (χ1) is 15.9. The lowest BCUT2D eigenvalue weighted by molar-refractivity contribution is -0.147. The second-order valence-corrected chi connectivity index (χ2v) is 9.23. The number of methoxy groups -OCH3 is 1. The Labute approximate surface area is 203 Å². The van der Waals surface area contributed by atoms with Gasteiger partial charge in [0, 0.05) is 46.5 Å². The average Bonchev–Trinajstić information content (AvgIpc) is 2.79. The zero-order valence-corrected chi connectivity index (χ0v) is 20.0. The molecular weight excluding hydrogens is 461 g/mol. The zero-order chi connectivity index (χ0) is 23.5. The van der Waals surface area contributed by atoms with Crippen molar-refractivity contribution in [1.82, 2.24) is 0 Å². The molecule has 0 fully saturated rings. The lowest BCUT2D eigenvalue weighted by atomic mass is 9.69. The van der Waals surface area contributed by atoms with Gasteiger partial charge in [-0.05, 0) is 54.7 Å². The van der Waals surface area contributed by atoms with Crippen LogP contribution < -0.4 is 0 Å². The number of halogens is 2. The Kier molecular flexibility index (Phi) is 7.32. The summed E-state index contributed by atoms with van der Waals surface area (Å²) in [5.41, 5.74) is 3.87. The molecule has 0 aromatic heterocycles. The maximum absolute atomic E-state index is 13.5. The summed E-state index contributed by atoms with van der Waals surface area (Å²) in [7, 11) is 1.55. The van der Waals surface area contributed by atoms with E-state index in [0.29, 0.717) is 40.8 Å². The predicted octanol–water partition coefficient (Wildman–Crippen LogP) is 5.76. The van der Waals surface area contributed by atoms with Crippen LogP contribution in [-0.2, 0) is 19.1 Å². The summed E-state index contributed by atoms with van der Waals surface area (Å²) in [6, 6.07) is 14.9. The van der Waals surface area contributed by atoms with E-state index in [1.54, 1.807) is 19.2 Å². The van der Waals surface area contributed by atoms with Crippen molar-refractivity contribution in [2.45, 2.75) is 31.6 Å². The molecular formula is C26H25Cl2NO4. The average molecular weight is 486 g/mol. The molecule has 1 unspecified atom stereocenters. The van der Waals surface area contributed by atoms with Crippen LogP contribution >= 0.6 is 23.2 Å².